The maximum absolute atomic E-state index is 13.0. The summed E-state index contributed by atoms with van der Waals surface area (Å²) in [5.41, 5.74) is 45.1. The highest BCUT2D eigenvalue weighted by atomic mass is 16.6. The molecule has 9 heterocycles. The number of rotatable bonds is 11. The van der Waals surface area contributed by atoms with Crippen molar-refractivity contribution >= 4 is 119 Å². The second-order valence-corrected chi connectivity index (χ2v) is 37.9. The molecule has 150 heavy (non-hydrogen) atoms. The summed E-state index contributed by atoms with van der Waals surface area (Å²) in [7, 11) is 7.32. The molecule has 0 aliphatic heterocycles. The molecule has 0 saturated heterocycles. The molecule has 0 radical (unpaired) electrons. The highest BCUT2D eigenvalue weighted by Gasteiger charge is 2.36. The molecule has 0 unspecified atom stereocenters. The minimum Gasteiger partial charge on any atom is -0.497 e. The zero-order valence-electron chi connectivity index (χ0n) is 88.9. The molecule has 30 nitrogen and oxygen atoms in total. The minimum atomic E-state index is -0.925. The van der Waals surface area contributed by atoms with E-state index in [9.17, 15) is 14.4 Å². The van der Waals surface area contributed by atoms with Crippen LogP contribution in [0, 0.1) is 54.4 Å². The van der Waals surface area contributed by atoms with Gasteiger partial charge < -0.3 is 46.3 Å². The van der Waals surface area contributed by atoms with Gasteiger partial charge >= 0.3 is 18.3 Å². The summed E-state index contributed by atoms with van der Waals surface area (Å²) in [6.07, 6.45) is 15.4. The molecule has 21 aromatic rings. The Labute approximate surface area is 875 Å². The van der Waals surface area contributed by atoms with Crippen LogP contribution < -0.4 is 32.6 Å². The summed E-state index contributed by atoms with van der Waals surface area (Å²) in [4.78, 5) is 80.1. The van der Waals surface area contributed by atoms with E-state index in [4.69, 9.17) is 46.7 Å². The van der Waals surface area contributed by atoms with Crippen molar-refractivity contribution in [2.45, 2.75) is 141 Å². The molecule has 770 valence electrons. The first-order valence-corrected chi connectivity index (χ1v) is 48.7. The predicted molar refractivity (Wildman–Crippen MR) is 602 cm³/mol. The number of ether oxygens (including phenoxy) is 3. The number of fused-ring (bicyclic) bond motifs is 6. The van der Waals surface area contributed by atoms with Gasteiger partial charge in [0.05, 0.1) is 52.4 Å². The van der Waals surface area contributed by atoms with Crippen molar-refractivity contribution in [1.82, 2.24) is 82.7 Å². The number of benzene rings is 12. The average Bonchev–Trinajstić information content (AvgIpc) is 1.55. The maximum Gasteiger partial charge on any atom is 0.425 e. The van der Waals surface area contributed by atoms with Gasteiger partial charge in [0.15, 0.2) is 28.6 Å². The fourth-order valence-electron chi connectivity index (χ4n) is 15.2. The van der Waals surface area contributed by atoms with E-state index in [0.717, 1.165) is 111 Å². The van der Waals surface area contributed by atoms with Gasteiger partial charge in [-0.25, -0.2) is 43.9 Å². The van der Waals surface area contributed by atoms with E-state index >= 15 is 0 Å². The molecule has 9 aromatic heterocycles. The van der Waals surface area contributed by atoms with Gasteiger partial charge in [0.2, 0.25) is 5.95 Å². The van der Waals surface area contributed by atoms with E-state index in [0.29, 0.717) is 29.1 Å². The van der Waals surface area contributed by atoms with E-state index in [-0.39, 0.29) is 29.2 Å². The first-order chi connectivity index (χ1) is 71.7. The van der Waals surface area contributed by atoms with Crippen LogP contribution in [0.5, 0.6) is 5.75 Å². The average molecular weight is 2010 g/mol. The number of Topliss-reactive ketones (excluding diaryl/α,β-unsaturated/α-hetero) is 1. The van der Waals surface area contributed by atoms with Crippen molar-refractivity contribution in [2.75, 3.05) is 34.9 Å². The standard InChI is InChI=1S/C22H27N5O5.C18H18N2O.C14H18N2.C12H11N.C11H10N4.C10H10N2.2C8H9N3.2C8H10.CO2/c1-21(2,3)31-19(28)27(20(29)32-22(4,5)6)18-16-17(23-12-24-18)26(13-25-16)14-8-10-15(30-7)11-9-14;1-12-5-6-16-11-15(13(2)14(3)21)7-8-17(16)18(12)20-10-4-9-19-20;1-11(2)8-13-9-16(10-15-13)14-6-4-12(3)5-7-14;13-12-8-6-11(7-9-12)10-4-2-1-3-5-10;1-14-10-6-3-2-5-9(10)11(13-14)15-8-4-7-12-15;1-7-4-5-9-8(10(7)11)3-2-6-12-9;1-11-7-5-3-2-4-6(7)10-8(11)9;1-11-7-5-3-2-4-6(7)8(9)10-11;2*1-7-3-5-8(2)6-4-7;2-1-3/h8-13H,1-7H3;4-11,13H,1-3H3;4-7,9-11H,8H2,1-3H3;1-9H,13H2;2-8H,1H3;2-6H,11H2,1H3;2*2-5H,1H3,(H2,9,10);2*3-6H,1-2H3;/t;13-;;;;;;;;;/m.1........./s1. The van der Waals surface area contributed by atoms with Gasteiger partial charge in [-0.2, -0.15) is 34.9 Å². The molecule has 8 N–H and O–H groups in total. The Morgan fingerprint density at radius 2 is 0.980 bits per heavy atom. The lowest BCUT2D eigenvalue weighted by molar-refractivity contribution is -0.191. The van der Waals surface area contributed by atoms with Gasteiger partial charge in [-0.1, -0.05) is 225 Å². The quantitative estimate of drug-likeness (QED) is 0.0874. The Hall–Kier alpha value is -18.3. The molecule has 0 aliphatic rings. The summed E-state index contributed by atoms with van der Waals surface area (Å²) >= 11 is 0. The van der Waals surface area contributed by atoms with E-state index in [1.807, 2.05) is 225 Å². The van der Waals surface area contributed by atoms with Crippen LogP contribution in [0.15, 0.2) is 347 Å². The van der Waals surface area contributed by atoms with E-state index < -0.39 is 23.4 Å². The highest BCUT2D eigenvalue weighted by Crippen LogP contribution is 2.33. The lowest BCUT2D eigenvalue weighted by atomic mass is 9.94. The smallest absolute Gasteiger partial charge is 0.425 e. The van der Waals surface area contributed by atoms with Gasteiger partial charge in [0.1, 0.15) is 35.4 Å². The normalized spacial score (nSPS) is 10.8. The van der Waals surface area contributed by atoms with Crippen LogP contribution in [0.1, 0.15) is 125 Å². The number of imide groups is 1. The number of carbonyl (C=O) groups excluding carboxylic acids is 5. The number of hydrogen-bond donors (Lipinski definition) is 4. The Morgan fingerprint density at radius 1 is 0.467 bits per heavy atom. The van der Waals surface area contributed by atoms with Gasteiger partial charge in [-0.05, 0) is 258 Å². The first kappa shape index (κ1) is 112. The van der Waals surface area contributed by atoms with Crippen LogP contribution in [0.25, 0.3) is 99.7 Å². The molecule has 1 atom stereocenters. The van der Waals surface area contributed by atoms with Crippen molar-refractivity contribution in [3.63, 3.8) is 0 Å². The topological polar surface area (TPSA) is 384 Å². The molecule has 21 rings (SSSR count). The maximum atomic E-state index is 13.0. The monoisotopic (exact) mass is 2010 g/mol. The fraction of sp³-hybridized carbons (Fsp3) is 0.217. The molecule has 12 aromatic carbocycles. The van der Waals surface area contributed by atoms with Gasteiger partial charge in [0, 0.05) is 109 Å². The number of carbonyl (C=O) groups is 3. The number of amides is 2. The molecule has 30 heteroatoms. The number of ketones is 1. The van der Waals surface area contributed by atoms with E-state index in [1.165, 1.54) is 62.8 Å². The number of para-hydroxylation sites is 4. The van der Waals surface area contributed by atoms with Crippen LogP contribution in [-0.2, 0) is 51.4 Å². The highest BCUT2D eigenvalue weighted by molar-refractivity contribution is 6.12. The third-order valence-corrected chi connectivity index (χ3v) is 23.2. The van der Waals surface area contributed by atoms with Crippen molar-refractivity contribution in [3.05, 3.63) is 398 Å². The largest absolute Gasteiger partial charge is 0.497 e. The molecule has 0 aliphatic carbocycles. The Morgan fingerprint density at radius 3 is 1.53 bits per heavy atom. The summed E-state index contributed by atoms with van der Waals surface area (Å²) in [6, 6.07) is 96.9. The zero-order chi connectivity index (χ0) is 108. The molecule has 2 amide bonds. The second kappa shape index (κ2) is 53.0. The second-order valence-electron chi connectivity index (χ2n) is 37.9. The summed E-state index contributed by atoms with van der Waals surface area (Å²) in [5, 5.41) is 22.5. The Kier molecular flexibility index (Phi) is 39.6. The van der Waals surface area contributed by atoms with Crippen LogP contribution in [0.3, 0.4) is 0 Å². The SMILES string of the molecule is CC(=O)[C@@H](C)c1ccc2c(-n3cccn3)c(C)ccc2c1.COc1ccc(-n2cnc3c(N(C(=O)OC(C)(C)C)C(=O)OC(C)(C)C)ncnc32)cc1.Cc1ccc(-n2cnc(CC(C)C)c2)cc1.Cc1ccc(C)cc1.Cc1ccc(C)cc1.Cc1ccc2ncccc2c1N.Cn1c(N)nc2ccccc21.Cn1nc(-n2cccn2)c2ccccc21.Cn1nc(N)c2ccccc21.Nc1ccc(-c2ccccc2)cc1.O=C=O. The number of imidazole rings is 3. The van der Waals surface area contributed by atoms with Gasteiger partial charge in [-0.3, -0.25) is 23.7 Å². The van der Waals surface area contributed by atoms with Crippen molar-refractivity contribution in [2.24, 2.45) is 27.1 Å². The molecule has 0 spiro atoms. The number of nitrogens with zero attached hydrogens (tertiary/aromatic N) is 18. The summed E-state index contributed by atoms with van der Waals surface area (Å²) in [6.45, 7) is 32.8. The number of methoxy groups -OCH3 is 1. The van der Waals surface area contributed by atoms with Crippen LogP contribution in [0.4, 0.5) is 38.5 Å². The van der Waals surface area contributed by atoms with Crippen molar-refractivity contribution < 1.29 is 38.2 Å². The zero-order valence-corrected chi connectivity index (χ0v) is 88.9. The molecule has 0 saturated carbocycles. The minimum absolute atomic E-state index is 0.0363. The fourth-order valence-corrected chi connectivity index (χ4v) is 15.2. The molecular formula is C120H132N22O8. The number of pyridine rings is 1. The van der Waals surface area contributed by atoms with Crippen LogP contribution >= 0.6 is 0 Å². The third-order valence-electron chi connectivity index (χ3n) is 23.2. The van der Waals surface area contributed by atoms with Gasteiger partial charge in [-0.15, -0.1) is 0 Å². The van der Waals surface area contributed by atoms with E-state index in [1.54, 1.807) is 100 Å². The Bertz CT molecular complexity index is 7820. The summed E-state index contributed by atoms with van der Waals surface area (Å²) < 4.78 is 29.0. The number of hydrogen-bond acceptors (Lipinski definition) is 22. The number of nitrogen functional groups attached to an aromatic ring is 4. The van der Waals surface area contributed by atoms with E-state index in [2.05, 4.69) is 238 Å². The first-order valence-electron chi connectivity index (χ1n) is 48.7. The lowest BCUT2D eigenvalue weighted by Gasteiger charge is -2.28. The molecule has 0 bridgehead atoms. The number of aryl methyl sites for hydroxylation is 10. The van der Waals surface area contributed by atoms with Crippen LogP contribution in [-0.4, -0.2) is 125 Å². The lowest BCUT2D eigenvalue weighted by Crippen LogP contribution is -2.44. The third kappa shape index (κ3) is 31.6. The van der Waals surface area contributed by atoms with Gasteiger partial charge in [0.25, 0.3) is 0 Å². The molecule has 0 fully saturated rings. The molecular weight excluding hydrogens is 1880 g/mol. The number of aromatic nitrogens is 17. The van der Waals surface area contributed by atoms with Crippen LogP contribution in [0.2, 0.25) is 0 Å². The van der Waals surface area contributed by atoms with Crippen molar-refractivity contribution in [3.8, 4) is 39.8 Å². The number of anilines is 5. The van der Waals surface area contributed by atoms with Crippen molar-refractivity contribution in [1.29, 1.82) is 0 Å². The summed E-state index contributed by atoms with van der Waals surface area (Å²) in [5.74, 6) is 3.48. The number of nitrogens with two attached hydrogens (primary N) is 4. The predicted octanol–water partition coefficient (Wildman–Crippen LogP) is 25.1. The Balaban J connectivity index is 0.000000162.